The molecule has 4 nitrogen and oxygen atoms in total. The lowest BCUT2D eigenvalue weighted by atomic mass is 9.90. The van der Waals surface area contributed by atoms with Crippen molar-refractivity contribution in [3.8, 4) is 44.9 Å². The lowest BCUT2D eigenvalue weighted by Gasteiger charge is -2.15. The molecule has 1 heterocycles. The maximum Gasteiger partial charge on any atom is 0.584 e. The second kappa shape index (κ2) is 8.84. The molecule has 0 spiro atoms. The first-order valence-corrected chi connectivity index (χ1v) is 14.3. The Hall–Kier alpha value is -4.37. The number of hydrogen-bond acceptors (Lipinski definition) is 3. The van der Waals surface area contributed by atoms with Gasteiger partial charge in [-0.05, 0) is 81.9 Å². The third-order valence-corrected chi connectivity index (χ3v) is 8.27. The first-order chi connectivity index (χ1) is 18.8. The molecule has 1 aliphatic rings. The zero-order valence-electron chi connectivity index (χ0n) is 21.5. The Balaban J connectivity index is 1.47. The van der Waals surface area contributed by atoms with Crippen LogP contribution in [0.2, 0.25) is 0 Å². The van der Waals surface area contributed by atoms with Gasteiger partial charge in [0.15, 0.2) is 0 Å². The number of rotatable bonds is 2. The van der Waals surface area contributed by atoms with E-state index in [-0.39, 0.29) is 0 Å². The molecule has 6 aromatic carbocycles. The minimum Gasteiger partial charge on any atom is -0.395 e. The van der Waals surface area contributed by atoms with E-state index in [1.165, 1.54) is 11.1 Å². The predicted octanol–water partition coefficient (Wildman–Crippen LogP) is 9.48. The minimum absolute atomic E-state index is 0.324. The topological polar surface area (TPSA) is 55.8 Å². The van der Waals surface area contributed by atoms with Crippen molar-refractivity contribution in [3.63, 3.8) is 0 Å². The van der Waals surface area contributed by atoms with Gasteiger partial charge in [0.2, 0.25) is 0 Å². The summed E-state index contributed by atoms with van der Waals surface area (Å²) in [7, 11) is -4.37. The molecule has 0 aliphatic carbocycles. The highest BCUT2D eigenvalue weighted by atomic mass is 31.2. The molecule has 6 aromatic rings. The molecule has 0 aromatic heterocycles. The highest BCUT2D eigenvalue weighted by Crippen LogP contribution is 2.57. The van der Waals surface area contributed by atoms with Crippen molar-refractivity contribution in [2.75, 3.05) is 0 Å². The smallest absolute Gasteiger partial charge is 0.395 e. The molecule has 0 fully saturated rings. The van der Waals surface area contributed by atoms with E-state index in [0.29, 0.717) is 11.5 Å². The summed E-state index contributed by atoms with van der Waals surface area (Å²) in [4.78, 5) is 10.5. The van der Waals surface area contributed by atoms with Crippen LogP contribution >= 0.6 is 7.82 Å². The molecule has 1 aliphatic heterocycles. The van der Waals surface area contributed by atoms with E-state index in [1.54, 1.807) is 12.1 Å². The van der Waals surface area contributed by atoms with Crippen molar-refractivity contribution in [1.29, 1.82) is 0 Å². The largest absolute Gasteiger partial charge is 0.584 e. The molecule has 190 valence electrons. The van der Waals surface area contributed by atoms with Gasteiger partial charge in [-0.15, -0.1) is 0 Å². The summed E-state index contributed by atoms with van der Waals surface area (Å²) in [5, 5.41) is 3.85. The van der Waals surface area contributed by atoms with Crippen LogP contribution in [0.1, 0.15) is 11.1 Å². The molecule has 0 saturated carbocycles. The third kappa shape index (κ3) is 4.19. The highest BCUT2D eigenvalue weighted by molar-refractivity contribution is 7.48. The average molecular weight is 529 g/mol. The van der Waals surface area contributed by atoms with Gasteiger partial charge in [-0.25, -0.2) is 4.57 Å². The van der Waals surface area contributed by atoms with Crippen LogP contribution in [0.25, 0.3) is 54.9 Å². The zero-order chi connectivity index (χ0) is 26.7. The van der Waals surface area contributed by atoms with Crippen LogP contribution in [-0.4, -0.2) is 4.89 Å². The third-order valence-electron chi connectivity index (χ3n) is 7.41. The predicted molar refractivity (Wildman–Crippen MR) is 158 cm³/mol. The van der Waals surface area contributed by atoms with Gasteiger partial charge in [-0.3, -0.25) is 4.89 Å². The van der Waals surface area contributed by atoms with Gasteiger partial charge in [0.1, 0.15) is 11.5 Å². The van der Waals surface area contributed by atoms with E-state index in [4.69, 9.17) is 9.05 Å². The average Bonchev–Trinajstić information content (AvgIpc) is 3.05. The summed E-state index contributed by atoms with van der Waals surface area (Å²) < 4.78 is 24.1. The Morgan fingerprint density at radius 2 is 0.897 bits per heavy atom. The van der Waals surface area contributed by atoms with Crippen LogP contribution in [0.5, 0.6) is 11.5 Å². The van der Waals surface area contributed by atoms with Crippen molar-refractivity contribution in [2.45, 2.75) is 13.8 Å². The quantitative estimate of drug-likeness (QED) is 0.227. The summed E-state index contributed by atoms with van der Waals surface area (Å²) in [6.45, 7) is 4.15. The van der Waals surface area contributed by atoms with Gasteiger partial charge in [0.25, 0.3) is 0 Å². The number of benzene rings is 6. The number of phosphoric ester groups is 1. The summed E-state index contributed by atoms with van der Waals surface area (Å²) in [6.07, 6.45) is 0. The fourth-order valence-corrected chi connectivity index (χ4v) is 6.24. The van der Waals surface area contributed by atoms with Crippen molar-refractivity contribution < 1.29 is 18.5 Å². The molecule has 0 amide bonds. The molecule has 39 heavy (non-hydrogen) atoms. The summed E-state index contributed by atoms with van der Waals surface area (Å²) >= 11 is 0. The van der Waals surface area contributed by atoms with Crippen LogP contribution in [0.15, 0.2) is 109 Å². The molecular formula is C34H25O4P. The maximum atomic E-state index is 12.9. The Kier molecular flexibility index (Phi) is 5.38. The number of hydrogen-bond donors (Lipinski definition) is 1. The van der Waals surface area contributed by atoms with Crippen molar-refractivity contribution in [1.82, 2.24) is 0 Å². The van der Waals surface area contributed by atoms with E-state index in [1.807, 2.05) is 12.1 Å². The first kappa shape index (κ1) is 23.7. The fraction of sp³-hybridized carbons (Fsp3) is 0.0588. The molecule has 5 heteroatoms. The van der Waals surface area contributed by atoms with Crippen LogP contribution in [0.3, 0.4) is 0 Å². The van der Waals surface area contributed by atoms with Gasteiger partial charge in [0.05, 0.1) is 0 Å². The van der Waals surface area contributed by atoms with Crippen molar-refractivity contribution in [3.05, 3.63) is 120 Å². The monoisotopic (exact) mass is 528 g/mol. The van der Waals surface area contributed by atoms with E-state index in [0.717, 1.165) is 54.9 Å². The van der Waals surface area contributed by atoms with E-state index >= 15 is 0 Å². The van der Waals surface area contributed by atoms with Crippen LogP contribution in [0, 0.1) is 13.8 Å². The molecule has 0 bridgehead atoms. The van der Waals surface area contributed by atoms with E-state index in [9.17, 15) is 9.46 Å². The standard InChI is InChI=1S/C34H25O4P/c1-21-3-7-23(8-4-21)25-11-15-29-27(19-25)13-17-31-33(29)34-30-16-12-26(24-9-5-22(2)6-10-24)20-28(30)14-18-32(34)38-39(35,36)37-31/h3-20H,1-2H3,(H,35,36). The molecule has 0 radical (unpaired) electrons. The van der Waals surface area contributed by atoms with Crippen molar-refractivity contribution in [2.24, 2.45) is 0 Å². The minimum atomic E-state index is -4.37. The normalized spacial score (nSPS) is 13.7. The molecule has 0 atom stereocenters. The first-order valence-electron chi connectivity index (χ1n) is 12.8. The van der Waals surface area contributed by atoms with Gasteiger partial charge >= 0.3 is 7.82 Å². The number of aryl methyl sites for hydroxylation is 2. The second-order valence-corrected chi connectivity index (χ2v) is 11.4. The fourth-order valence-electron chi connectivity index (χ4n) is 5.41. The van der Waals surface area contributed by atoms with Crippen molar-refractivity contribution >= 4 is 29.4 Å². The van der Waals surface area contributed by atoms with Crippen LogP contribution in [0.4, 0.5) is 0 Å². The van der Waals surface area contributed by atoms with Crippen LogP contribution in [-0.2, 0) is 4.57 Å². The molecule has 0 saturated heterocycles. The Morgan fingerprint density at radius 1 is 0.513 bits per heavy atom. The summed E-state index contributed by atoms with van der Waals surface area (Å²) in [6, 6.07) is 36.8. The zero-order valence-corrected chi connectivity index (χ0v) is 22.4. The summed E-state index contributed by atoms with van der Waals surface area (Å²) in [5.41, 5.74) is 8.38. The molecule has 7 rings (SSSR count). The molecule has 0 unspecified atom stereocenters. The summed E-state index contributed by atoms with van der Waals surface area (Å²) in [5.74, 6) is 0.649. The van der Waals surface area contributed by atoms with Gasteiger partial charge < -0.3 is 9.05 Å². The Labute approximate surface area is 226 Å². The molecular weight excluding hydrogens is 503 g/mol. The van der Waals surface area contributed by atoms with E-state index in [2.05, 4.69) is 98.8 Å². The Bertz CT molecular complexity index is 1820. The maximum absolute atomic E-state index is 12.9. The van der Waals surface area contributed by atoms with Gasteiger partial charge in [-0.2, -0.15) is 0 Å². The van der Waals surface area contributed by atoms with Gasteiger partial charge in [0, 0.05) is 11.1 Å². The lowest BCUT2D eigenvalue weighted by Crippen LogP contribution is -1.97. The Morgan fingerprint density at radius 3 is 1.31 bits per heavy atom. The highest BCUT2D eigenvalue weighted by Gasteiger charge is 2.34. The second-order valence-electron chi connectivity index (χ2n) is 10.1. The lowest BCUT2D eigenvalue weighted by molar-refractivity contribution is 0.294. The van der Waals surface area contributed by atoms with Crippen LogP contribution < -0.4 is 9.05 Å². The molecule has 1 N–H and O–H groups in total. The van der Waals surface area contributed by atoms with Gasteiger partial charge in [-0.1, -0.05) is 96.1 Å². The van der Waals surface area contributed by atoms with E-state index < -0.39 is 7.82 Å². The number of phosphoric acid groups is 1. The number of fused-ring (bicyclic) bond motifs is 7. The SMILES string of the molecule is Cc1ccc(-c2ccc3c4c(ccc3c2)OP(=O)(O)Oc2ccc3cc(-c5ccc(C)cc5)ccc3c2-4)cc1.